The van der Waals surface area contributed by atoms with Crippen LogP contribution in [0.3, 0.4) is 0 Å². The molecule has 0 aliphatic heterocycles. The lowest BCUT2D eigenvalue weighted by atomic mass is 10.1. The van der Waals surface area contributed by atoms with E-state index in [-0.39, 0.29) is 5.91 Å². The Morgan fingerprint density at radius 1 is 1.20 bits per heavy atom. The van der Waals surface area contributed by atoms with Gasteiger partial charge >= 0.3 is 0 Å². The largest absolute Gasteiger partial charge is 0.352 e. The van der Waals surface area contributed by atoms with E-state index in [9.17, 15) is 4.79 Å². The summed E-state index contributed by atoms with van der Waals surface area (Å²) in [7, 11) is 0. The van der Waals surface area contributed by atoms with Crippen LogP contribution in [0.4, 0.5) is 0 Å². The van der Waals surface area contributed by atoms with Crippen molar-refractivity contribution in [1.82, 2.24) is 10.6 Å². The van der Waals surface area contributed by atoms with Crippen molar-refractivity contribution >= 4 is 21.8 Å². The summed E-state index contributed by atoms with van der Waals surface area (Å²) in [5, 5.41) is 6.35. The molecule has 110 valence electrons. The summed E-state index contributed by atoms with van der Waals surface area (Å²) in [5.74, 6) is 0.117. The van der Waals surface area contributed by atoms with Gasteiger partial charge in [0.15, 0.2) is 0 Å². The number of amides is 1. The van der Waals surface area contributed by atoms with Gasteiger partial charge < -0.3 is 10.6 Å². The van der Waals surface area contributed by atoms with Gasteiger partial charge in [0, 0.05) is 17.1 Å². The number of halogens is 1. The standard InChI is InChI=1S/C16H23BrN2O/c17-14-7-5-6-13(10-14)11-18-12-16(20)19-15-8-3-1-2-4-9-15/h5-7,10,15,18H,1-4,8-9,11-12H2,(H,19,20). The predicted octanol–water partition coefficient (Wildman–Crippen LogP) is 3.38. The summed E-state index contributed by atoms with van der Waals surface area (Å²) < 4.78 is 1.07. The highest BCUT2D eigenvalue weighted by Crippen LogP contribution is 2.17. The van der Waals surface area contributed by atoms with Crippen molar-refractivity contribution in [3.05, 3.63) is 34.3 Å². The summed E-state index contributed by atoms with van der Waals surface area (Å²) in [6.07, 6.45) is 7.39. The highest BCUT2D eigenvalue weighted by molar-refractivity contribution is 9.10. The number of hydrogen-bond donors (Lipinski definition) is 2. The minimum Gasteiger partial charge on any atom is -0.352 e. The molecule has 0 radical (unpaired) electrons. The van der Waals surface area contributed by atoms with Crippen LogP contribution in [-0.2, 0) is 11.3 Å². The second-order valence-electron chi connectivity index (χ2n) is 5.49. The number of carbonyl (C=O) groups excluding carboxylic acids is 1. The molecular formula is C16H23BrN2O. The van der Waals surface area contributed by atoms with Crippen molar-refractivity contribution in [2.45, 2.75) is 51.1 Å². The van der Waals surface area contributed by atoms with Gasteiger partial charge in [0.25, 0.3) is 0 Å². The third-order valence-corrected chi connectivity index (χ3v) is 4.22. The molecular weight excluding hydrogens is 316 g/mol. The van der Waals surface area contributed by atoms with Crippen LogP contribution in [0.5, 0.6) is 0 Å². The maximum Gasteiger partial charge on any atom is 0.234 e. The Balaban J connectivity index is 1.67. The van der Waals surface area contributed by atoms with Crippen molar-refractivity contribution < 1.29 is 4.79 Å². The molecule has 1 aliphatic rings. The van der Waals surface area contributed by atoms with E-state index in [0.29, 0.717) is 12.6 Å². The van der Waals surface area contributed by atoms with Crippen LogP contribution in [0.2, 0.25) is 0 Å². The average Bonchev–Trinajstić information content (AvgIpc) is 2.67. The van der Waals surface area contributed by atoms with Crippen molar-refractivity contribution in [3.8, 4) is 0 Å². The SMILES string of the molecule is O=C(CNCc1cccc(Br)c1)NC1CCCCCC1. The maximum absolute atomic E-state index is 11.9. The van der Waals surface area contributed by atoms with Crippen LogP contribution in [-0.4, -0.2) is 18.5 Å². The molecule has 0 atom stereocenters. The Morgan fingerprint density at radius 2 is 1.95 bits per heavy atom. The third kappa shape index (κ3) is 5.63. The molecule has 1 aliphatic carbocycles. The fourth-order valence-electron chi connectivity index (χ4n) is 2.67. The topological polar surface area (TPSA) is 41.1 Å². The highest BCUT2D eigenvalue weighted by Gasteiger charge is 2.14. The molecule has 0 saturated heterocycles. The Bertz CT molecular complexity index is 428. The summed E-state index contributed by atoms with van der Waals surface area (Å²) in [6.45, 7) is 1.11. The van der Waals surface area contributed by atoms with Gasteiger partial charge in [-0.3, -0.25) is 4.79 Å². The maximum atomic E-state index is 11.9. The Kier molecular flexibility index (Phi) is 6.54. The van der Waals surface area contributed by atoms with Gasteiger partial charge in [0.2, 0.25) is 5.91 Å². The van der Waals surface area contributed by atoms with Gasteiger partial charge in [-0.05, 0) is 30.5 Å². The molecule has 0 heterocycles. The molecule has 4 heteroatoms. The molecule has 2 N–H and O–H groups in total. The molecule has 0 unspecified atom stereocenters. The number of nitrogens with one attached hydrogen (secondary N) is 2. The fraction of sp³-hybridized carbons (Fsp3) is 0.562. The van der Waals surface area contributed by atoms with Crippen molar-refractivity contribution in [2.75, 3.05) is 6.54 Å². The van der Waals surface area contributed by atoms with E-state index in [1.165, 1.54) is 31.2 Å². The number of rotatable bonds is 5. The second-order valence-corrected chi connectivity index (χ2v) is 6.41. The average molecular weight is 339 g/mol. The van der Waals surface area contributed by atoms with Crippen molar-refractivity contribution in [3.63, 3.8) is 0 Å². The van der Waals surface area contributed by atoms with Crippen LogP contribution < -0.4 is 10.6 Å². The lowest BCUT2D eigenvalue weighted by Gasteiger charge is -2.16. The summed E-state index contributed by atoms with van der Waals surface area (Å²) >= 11 is 3.45. The highest BCUT2D eigenvalue weighted by atomic mass is 79.9. The van der Waals surface area contributed by atoms with Gasteiger partial charge in [-0.1, -0.05) is 53.7 Å². The first-order valence-electron chi connectivity index (χ1n) is 7.48. The number of benzene rings is 1. The van der Waals surface area contributed by atoms with Crippen LogP contribution in [0.15, 0.2) is 28.7 Å². The Hall–Kier alpha value is -0.870. The van der Waals surface area contributed by atoms with E-state index in [2.05, 4.69) is 38.7 Å². The first-order valence-corrected chi connectivity index (χ1v) is 8.28. The van der Waals surface area contributed by atoms with E-state index in [0.717, 1.165) is 23.9 Å². The molecule has 2 rings (SSSR count). The van der Waals surface area contributed by atoms with E-state index < -0.39 is 0 Å². The van der Waals surface area contributed by atoms with Gasteiger partial charge in [-0.15, -0.1) is 0 Å². The molecule has 1 saturated carbocycles. The van der Waals surface area contributed by atoms with E-state index in [1.54, 1.807) is 0 Å². The van der Waals surface area contributed by atoms with Gasteiger partial charge in [-0.25, -0.2) is 0 Å². The van der Waals surface area contributed by atoms with Gasteiger partial charge in [0.05, 0.1) is 6.54 Å². The molecule has 0 bridgehead atoms. The molecule has 1 aromatic rings. The van der Waals surface area contributed by atoms with Crippen molar-refractivity contribution in [1.29, 1.82) is 0 Å². The lowest BCUT2D eigenvalue weighted by molar-refractivity contribution is -0.121. The smallest absolute Gasteiger partial charge is 0.234 e. The number of hydrogen-bond acceptors (Lipinski definition) is 2. The monoisotopic (exact) mass is 338 g/mol. The Labute approximate surface area is 129 Å². The van der Waals surface area contributed by atoms with Crippen LogP contribution in [0.1, 0.15) is 44.1 Å². The number of carbonyl (C=O) groups is 1. The first kappa shape index (κ1) is 15.5. The molecule has 20 heavy (non-hydrogen) atoms. The van der Waals surface area contributed by atoms with Gasteiger partial charge in [0.1, 0.15) is 0 Å². The normalized spacial score (nSPS) is 16.6. The predicted molar refractivity (Wildman–Crippen MR) is 85.5 cm³/mol. The quantitative estimate of drug-likeness (QED) is 0.808. The minimum absolute atomic E-state index is 0.117. The molecule has 1 aromatic carbocycles. The van der Waals surface area contributed by atoms with Crippen LogP contribution >= 0.6 is 15.9 Å². The summed E-state index contributed by atoms with van der Waals surface area (Å²) in [4.78, 5) is 11.9. The first-order chi connectivity index (χ1) is 9.74. The fourth-order valence-corrected chi connectivity index (χ4v) is 3.12. The van der Waals surface area contributed by atoms with Gasteiger partial charge in [-0.2, -0.15) is 0 Å². The molecule has 1 fully saturated rings. The summed E-state index contributed by atoms with van der Waals surface area (Å²) in [6, 6.07) is 8.52. The van der Waals surface area contributed by atoms with Crippen LogP contribution in [0.25, 0.3) is 0 Å². The summed E-state index contributed by atoms with van der Waals surface area (Å²) in [5.41, 5.74) is 1.18. The minimum atomic E-state index is 0.117. The zero-order valence-electron chi connectivity index (χ0n) is 11.8. The second kappa shape index (κ2) is 8.42. The zero-order valence-corrected chi connectivity index (χ0v) is 13.4. The third-order valence-electron chi connectivity index (χ3n) is 3.72. The zero-order chi connectivity index (χ0) is 14.2. The molecule has 0 spiro atoms. The molecule has 1 amide bonds. The Morgan fingerprint density at radius 3 is 2.65 bits per heavy atom. The van der Waals surface area contributed by atoms with E-state index >= 15 is 0 Å². The van der Waals surface area contributed by atoms with E-state index in [1.807, 2.05) is 12.1 Å². The lowest BCUT2D eigenvalue weighted by Crippen LogP contribution is -2.40. The molecule has 0 aromatic heterocycles. The van der Waals surface area contributed by atoms with E-state index in [4.69, 9.17) is 0 Å². The van der Waals surface area contributed by atoms with Crippen LogP contribution in [0, 0.1) is 0 Å². The molecule has 3 nitrogen and oxygen atoms in total. The van der Waals surface area contributed by atoms with Crippen molar-refractivity contribution in [2.24, 2.45) is 0 Å².